The number of hydrazone groups is 1. The van der Waals surface area contributed by atoms with Crippen molar-refractivity contribution < 1.29 is 22.7 Å². The summed E-state index contributed by atoms with van der Waals surface area (Å²) in [6.07, 6.45) is 4.57. The summed E-state index contributed by atoms with van der Waals surface area (Å²) in [4.78, 5) is 17.0. The molecule has 0 aliphatic heterocycles. The average molecular weight is 588 g/mol. The summed E-state index contributed by atoms with van der Waals surface area (Å²) in [5.74, 6) is 4.77. The van der Waals surface area contributed by atoms with Crippen molar-refractivity contribution in [2.24, 2.45) is 22.6 Å². The van der Waals surface area contributed by atoms with Gasteiger partial charge in [-0.25, -0.2) is 4.68 Å². The quantitative estimate of drug-likeness (QED) is 0.0895. The third kappa shape index (κ3) is 9.15. The van der Waals surface area contributed by atoms with E-state index in [0.29, 0.717) is 21.6 Å². The second kappa shape index (κ2) is 14.6. The van der Waals surface area contributed by atoms with Gasteiger partial charge < -0.3 is 21.6 Å². The molecular weight excluding hydrogens is 559 g/mol. The van der Waals surface area contributed by atoms with E-state index in [1.165, 1.54) is 35.1 Å². The van der Waals surface area contributed by atoms with Gasteiger partial charge in [-0.05, 0) is 48.4 Å². The van der Waals surface area contributed by atoms with Crippen LogP contribution in [0.5, 0.6) is 5.75 Å². The summed E-state index contributed by atoms with van der Waals surface area (Å²) >= 11 is 6.08. The molecule has 0 saturated heterocycles. The number of rotatable bonds is 6. The number of pyridine rings is 1. The van der Waals surface area contributed by atoms with Crippen molar-refractivity contribution in [3.8, 4) is 35.5 Å². The number of halogens is 4. The highest BCUT2D eigenvalue weighted by Crippen LogP contribution is 2.36. The van der Waals surface area contributed by atoms with Crippen LogP contribution in [0.2, 0.25) is 5.02 Å². The van der Waals surface area contributed by atoms with Gasteiger partial charge in [-0.3, -0.25) is 9.78 Å². The number of fused-ring (bicyclic) bond motifs is 1. The van der Waals surface area contributed by atoms with Crippen molar-refractivity contribution in [1.82, 2.24) is 20.1 Å². The van der Waals surface area contributed by atoms with Crippen LogP contribution in [-0.4, -0.2) is 39.4 Å². The van der Waals surface area contributed by atoms with Crippen molar-refractivity contribution in [3.05, 3.63) is 71.5 Å². The van der Waals surface area contributed by atoms with E-state index in [-0.39, 0.29) is 29.3 Å². The number of carbonyl (C=O) groups excluding carboxylic acids is 1. The van der Waals surface area contributed by atoms with E-state index in [0.717, 1.165) is 5.92 Å². The molecule has 0 saturated carbocycles. The molecule has 0 atom stereocenters. The molecule has 2 heterocycles. The molecule has 5 N–H and O–H groups in total. The highest BCUT2D eigenvalue weighted by Gasteiger charge is 2.33. The van der Waals surface area contributed by atoms with E-state index in [2.05, 4.69) is 58.9 Å². The minimum absolute atomic E-state index is 0.0288. The van der Waals surface area contributed by atoms with E-state index < -0.39 is 18.0 Å². The maximum Gasteiger partial charge on any atom is 0.573 e. The molecule has 2 aromatic heterocycles. The number of amidine groups is 1. The zero-order valence-corrected chi connectivity index (χ0v) is 23.2. The summed E-state index contributed by atoms with van der Waals surface area (Å²) in [5.41, 5.74) is 6.61. The molecule has 1 amide bonds. The van der Waals surface area contributed by atoms with E-state index >= 15 is 0 Å². The van der Waals surface area contributed by atoms with Gasteiger partial charge in [-0.1, -0.05) is 44.5 Å². The number of nitrogens with zero attached hydrogens (tertiary/aromatic N) is 4. The Morgan fingerprint density at radius 2 is 1.80 bits per heavy atom. The molecule has 216 valence electrons. The van der Waals surface area contributed by atoms with E-state index in [1.54, 1.807) is 30.3 Å². The molecule has 0 spiro atoms. The Kier molecular flexibility index (Phi) is 11.5. The maximum atomic E-state index is 13.1. The Morgan fingerprint density at radius 1 is 1.15 bits per heavy atom. The Labute approximate surface area is 240 Å². The lowest BCUT2D eigenvalue weighted by Gasteiger charge is -2.15. The first-order chi connectivity index (χ1) is 19.4. The first-order valence-corrected chi connectivity index (χ1v) is 12.4. The number of hydrogen-bond acceptors (Lipinski definition) is 6. The van der Waals surface area contributed by atoms with Crippen molar-refractivity contribution in [2.75, 3.05) is 6.54 Å². The Bertz CT molecular complexity index is 1530. The smallest absolute Gasteiger partial charge is 0.405 e. The van der Waals surface area contributed by atoms with Gasteiger partial charge in [0.15, 0.2) is 5.69 Å². The number of nitrogens with one attached hydrogen (secondary N) is 1. The first-order valence-electron chi connectivity index (χ1n) is 12.0. The number of hydrogen-bond donors (Lipinski definition) is 3. The minimum Gasteiger partial charge on any atom is -0.405 e. The van der Waals surface area contributed by atoms with E-state index in [9.17, 15) is 18.0 Å². The summed E-state index contributed by atoms with van der Waals surface area (Å²) in [5, 5.41) is 11.2. The molecule has 0 aliphatic carbocycles. The highest BCUT2D eigenvalue weighted by molar-refractivity contribution is 6.31. The molecule has 0 unspecified atom stereocenters. The molecule has 4 aromatic rings. The average Bonchev–Trinajstić information content (AvgIpc) is 3.36. The van der Waals surface area contributed by atoms with Crippen LogP contribution in [0, 0.1) is 18.8 Å². The predicted molar refractivity (Wildman–Crippen MR) is 155 cm³/mol. The third-order valence-corrected chi connectivity index (χ3v) is 5.07. The lowest BCUT2D eigenvalue weighted by molar-refractivity contribution is -0.274. The van der Waals surface area contributed by atoms with Crippen molar-refractivity contribution in [3.63, 3.8) is 0 Å². The van der Waals surface area contributed by atoms with E-state index in [4.69, 9.17) is 23.2 Å². The molecule has 0 bridgehead atoms. The van der Waals surface area contributed by atoms with Gasteiger partial charge in [0.1, 0.15) is 11.6 Å². The fraction of sp³-hybridized carbons (Fsp3) is 0.214. The van der Waals surface area contributed by atoms with Gasteiger partial charge in [0.25, 0.3) is 5.91 Å². The fourth-order valence-electron chi connectivity index (χ4n) is 3.36. The predicted octanol–water partition coefficient (Wildman–Crippen LogP) is 5.51. The van der Waals surface area contributed by atoms with Crippen LogP contribution in [0.15, 0.2) is 65.9 Å². The second-order valence-corrected chi connectivity index (χ2v) is 9.33. The molecule has 13 heteroatoms. The maximum absolute atomic E-state index is 13.1. The van der Waals surface area contributed by atoms with Crippen molar-refractivity contribution >= 4 is 34.2 Å². The van der Waals surface area contributed by atoms with Gasteiger partial charge in [0.2, 0.25) is 0 Å². The van der Waals surface area contributed by atoms with Crippen LogP contribution < -0.4 is 21.6 Å². The third-order valence-electron chi connectivity index (χ3n) is 4.84. The highest BCUT2D eigenvalue weighted by atomic mass is 35.5. The fourth-order valence-corrected chi connectivity index (χ4v) is 3.52. The summed E-state index contributed by atoms with van der Waals surface area (Å²) in [6, 6.07) is 13.5. The molecular formula is C28H29ClF3N7O2. The standard InChI is InChI=1S/C22H17ClF3N7O2.C4H10.C2H2/c23-12-5-6-13-15(9-12)29-8-7-17(13)33-18(10-16(32-33)21(34)30-11-20(27)31-28)14-3-1-2-4-19(14)35-22(24,25)26;1-4(2)3;1-2/h1-10H,11,28H2,(H2,27,31)(H,30,34);4H,1-3H3;1-2H. The number of aromatic nitrogens is 3. The Hall–Kier alpha value is -4.76. The number of nitrogens with two attached hydrogens (primary N) is 2. The van der Waals surface area contributed by atoms with Crippen LogP contribution in [-0.2, 0) is 0 Å². The van der Waals surface area contributed by atoms with E-state index in [1.807, 2.05) is 0 Å². The van der Waals surface area contributed by atoms with Crippen LogP contribution in [0.4, 0.5) is 13.2 Å². The summed E-state index contributed by atoms with van der Waals surface area (Å²) in [6.45, 7) is 6.35. The number of ether oxygens (including phenoxy) is 1. The minimum atomic E-state index is -4.93. The zero-order valence-electron chi connectivity index (χ0n) is 22.5. The topological polar surface area (TPSA) is 133 Å². The normalized spacial score (nSPS) is 11.2. The Balaban J connectivity index is 0.000000902. The van der Waals surface area contributed by atoms with Gasteiger partial charge in [-0.15, -0.1) is 26.0 Å². The number of alkyl halides is 3. The molecule has 0 aliphatic rings. The molecule has 41 heavy (non-hydrogen) atoms. The largest absolute Gasteiger partial charge is 0.573 e. The van der Waals surface area contributed by atoms with Crippen LogP contribution in [0.1, 0.15) is 31.3 Å². The monoisotopic (exact) mass is 587 g/mol. The number of terminal acetylenes is 1. The molecule has 9 nitrogen and oxygen atoms in total. The lowest BCUT2D eigenvalue weighted by atomic mass is 10.1. The SMILES string of the molecule is C#C.CC(C)C.N/N=C(\N)CNC(=O)c1cc(-c2ccccc2OC(F)(F)F)n(-c2ccnc3cc(Cl)ccc23)n1. The van der Waals surface area contributed by atoms with Gasteiger partial charge in [0, 0.05) is 22.2 Å². The first kappa shape index (κ1) is 32.5. The van der Waals surface area contributed by atoms with Gasteiger partial charge >= 0.3 is 6.36 Å². The van der Waals surface area contributed by atoms with Crippen molar-refractivity contribution in [1.29, 1.82) is 0 Å². The second-order valence-electron chi connectivity index (χ2n) is 8.90. The van der Waals surface area contributed by atoms with Crippen LogP contribution in [0.25, 0.3) is 27.8 Å². The number of amides is 1. The lowest BCUT2D eigenvalue weighted by Crippen LogP contribution is -2.34. The van der Waals surface area contributed by atoms with Gasteiger partial charge in [0.05, 0.1) is 23.4 Å². The molecule has 2 aromatic carbocycles. The van der Waals surface area contributed by atoms with Crippen LogP contribution >= 0.6 is 11.6 Å². The summed E-state index contributed by atoms with van der Waals surface area (Å²) < 4.78 is 44.8. The number of benzene rings is 2. The van der Waals surface area contributed by atoms with Crippen LogP contribution in [0.3, 0.4) is 0 Å². The van der Waals surface area contributed by atoms with Gasteiger partial charge in [-0.2, -0.15) is 10.2 Å². The molecule has 4 rings (SSSR count). The van der Waals surface area contributed by atoms with Crippen molar-refractivity contribution in [2.45, 2.75) is 27.1 Å². The molecule has 0 fully saturated rings. The Morgan fingerprint density at radius 3 is 2.44 bits per heavy atom. The number of para-hydroxylation sites is 1. The number of carbonyl (C=O) groups is 1. The zero-order chi connectivity index (χ0) is 30.7. The molecule has 0 radical (unpaired) electrons. The summed E-state index contributed by atoms with van der Waals surface area (Å²) in [7, 11) is 0.